The summed E-state index contributed by atoms with van der Waals surface area (Å²) >= 11 is 0. The third-order valence-electron chi connectivity index (χ3n) is 4.15. The fraction of sp³-hybridized carbons (Fsp3) is 0.450. The van der Waals surface area contributed by atoms with E-state index in [0.29, 0.717) is 11.6 Å². The molecule has 0 bridgehead atoms. The van der Waals surface area contributed by atoms with Gasteiger partial charge in [-0.15, -0.1) is 0 Å². The number of ether oxygens (including phenoxy) is 2. The number of rotatable bonds is 7. The summed E-state index contributed by atoms with van der Waals surface area (Å²) in [6, 6.07) is 6.02. The lowest BCUT2D eigenvalue weighted by atomic mass is 10.1. The Kier molecular flexibility index (Phi) is 6.26. The number of pyridine rings is 1. The Hall–Kier alpha value is -2.27. The zero-order chi connectivity index (χ0) is 18.6. The number of methoxy groups -OCH3 is 1. The molecule has 0 aliphatic carbocycles. The highest BCUT2D eigenvalue weighted by Gasteiger charge is 2.18. The zero-order valence-electron chi connectivity index (χ0n) is 15.9. The number of benzene rings is 1. The van der Waals surface area contributed by atoms with E-state index < -0.39 is 0 Å². The van der Waals surface area contributed by atoms with Crippen molar-refractivity contribution in [1.82, 2.24) is 4.98 Å². The second-order valence-corrected chi connectivity index (χ2v) is 6.41. The SMILES string of the molecule is CCC(CO)Nc1cc(C)nc(Oc2c(C)cc(C)cc2C)c1OC. The maximum atomic E-state index is 9.47. The van der Waals surface area contributed by atoms with E-state index in [1.54, 1.807) is 7.11 Å². The van der Waals surface area contributed by atoms with Gasteiger partial charge in [-0.05, 0) is 51.3 Å². The third-order valence-corrected chi connectivity index (χ3v) is 4.15. The van der Waals surface area contributed by atoms with Crippen molar-refractivity contribution in [1.29, 1.82) is 0 Å². The van der Waals surface area contributed by atoms with Gasteiger partial charge in [0.2, 0.25) is 5.75 Å². The second kappa shape index (κ2) is 8.21. The van der Waals surface area contributed by atoms with Gasteiger partial charge in [0.05, 0.1) is 19.4 Å². The van der Waals surface area contributed by atoms with Crippen LogP contribution in [0.5, 0.6) is 17.4 Å². The van der Waals surface area contributed by atoms with Crippen LogP contribution >= 0.6 is 0 Å². The Morgan fingerprint density at radius 3 is 2.24 bits per heavy atom. The van der Waals surface area contributed by atoms with Gasteiger partial charge in [-0.25, -0.2) is 4.98 Å². The number of anilines is 1. The highest BCUT2D eigenvalue weighted by molar-refractivity contribution is 5.63. The average Bonchev–Trinajstić information content (AvgIpc) is 2.55. The van der Waals surface area contributed by atoms with Crippen molar-refractivity contribution in [2.45, 2.75) is 47.1 Å². The predicted octanol–water partition coefficient (Wildman–Crippen LogP) is 4.30. The molecule has 25 heavy (non-hydrogen) atoms. The number of aliphatic hydroxyl groups excluding tert-OH is 1. The largest absolute Gasteiger partial charge is 0.490 e. The third kappa shape index (κ3) is 4.42. The molecule has 0 fully saturated rings. The van der Waals surface area contributed by atoms with E-state index in [9.17, 15) is 5.11 Å². The summed E-state index contributed by atoms with van der Waals surface area (Å²) in [6.45, 7) is 10.1. The van der Waals surface area contributed by atoms with Gasteiger partial charge in [0, 0.05) is 11.7 Å². The molecule has 1 aromatic carbocycles. The normalized spacial score (nSPS) is 12.0. The molecule has 1 heterocycles. The lowest BCUT2D eigenvalue weighted by Crippen LogP contribution is -2.23. The first kappa shape index (κ1) is 19.1. The molecule has 1 atom stereocenters. The van der Waals surface area contributed by atoms with Crippen LogP contribution in [0.2, 0.25) is 0 Å². The number of aliphatic hydroxyl groups is 1. The van der Waals surface area contributed by atoms with Crippen LogP contribution in [-0.4, -0.2) is 29.8 Å². The number of nitrogens with one attached hydrogen (secondary N) is 1. The van der Waals surface area contributed by atoms with E-state index in [-0.39, 0.29) is 12.6 Å². The van der Waals surface area contributed by atoms with Crippen molar-refractivity contribution in [3.63, 3.8) is 0 Å². The molecule has 0 radical (unpaired) electrons. The van der Waals surface area contributed by atoms with Crippen LogP contribution in [0.25, 0.3) is 0 Å². The highest BCUT2D eigenvalue weighted by atomic mass is 16.5. The fourth-order valence-electron chi connectivity index (χ4n) is 2.93. The number of aryl methyl sites for hydroxylation is 4. The van der Waals surface area contributed by atoms with Crippen molar-refractivity contribution in [3.8, 4) is 17.4 Å². The molecule has 5 heteroatoms. The minimum atomic E-state index is -0.0496. The van der Waals surface area contributed by atoms with E-state index in [1.807, 2.05) is 33.8 Å². The molecule has 136 valence electrons. The molecule has 0 amide bonds. The number of hydrogen-bond acceptors (Lipinski definition) is 5. The maximum absolute atomic E-state index is 9.47. The van der Waals surface area contributed by atoms with E-state index in [1.165, 1.54) is 5.56 Å². The van der Waals surface area contributed by atoms with Crippen molar-refractivity contribution in [2.24, 2.45) is 0 Å². The maximum Gasteiger partial charge on any atom is 0.265 e. The monoisotopic (exact) mass is 344 g/mol. The van der Waals surface area contributed by atoms with Gasteiger partial charge in [0.25, 0.3) is 5.88 Å². The van der Waals surface area contributed by atoms with Gasteiger partial charge in [0.15, 0.2) is 0 Å². The van der Waals surface area contributed by atoms with E-state index in [2.05, 4.69) is 29.4 Å². The predicted molar refractivity (Wildman–Crippen MR) is 101 cm³/mol. The van der Waals surface area contributed by atoms with Gasteiger partial charge >= 0.3 is 0 Å². The van der Waals surface area contributed by atoms with Gasteiger partial charge in [-0.1, -0.05) is 24.6 Å². The summed E-state index contributed by atoms with van der Waals surface area (Å²) in [5.41, 5.74) is 4.89. The average molecular weight is 344 g/mol. The van der Waals surface area contributed by atoms with Gasteiger partial charge in [-0.3, -0.25) is 0 Å². The molecule has 0 saturated carbocycles. The highest BCUT2D eigenvalue weighted by Crippen LogP contribution is 2.39. The summed E-state index contributed by atoms with van der Waals surface area (Å²) in [6.07, 6.45) is 0.799. The quantitative estimate of drug-likeness (QED) is 0.784. The molecule has 2 aromatic rings. The standard InChI is InChI=1S/C20H28N2O3/c1-7-16(11-23)22-17-10-15(5)21-20(19(17)24-6)25-18-13(3)8-12(2)9-14(18)4/h8-10,16,23H,7,11H2,1-6H3,(H,21,22). The molecule has 2 N–H and O–H groups in total. The van der Waals surface area contributed by atoms with Crippen LogP contribution in [-0.2, 0) is 0 Å². The van der Waals surface area contributed by atoms with Crippen molar-refractivity contribution in [3.05, 3.63) is 40.6 Å². The molecule has 0 spiro atoms. The van der Waals surface area contributed by atoms with Crippen LogP contribution in [0.15, 0.2) is 18.2 Å². The molecule has 2 rings (SSSR count). The molecular formula is C20H28N2O3. The van der Waals surface area contributed by atoms with E-state index in [4.69, 9.17) is 9.47 Å². The Labute approximate surface area is 150 Å². The fourth-order valence-corrected chi connectivity index (χ4v) is 2.93. The topological polar surface area (TPSA) is 63.6 Å². The van der Waals surface area contributed by atoms with E-state index in [0.717, 1.165) is 34.7 Å². The lowest BCUT2D eigenvalue weighted by molar-refractivity contribution is 0.271. The molecule has 5 nitrogen and oxygen atoms in total. The first-order valence-corrected chi connectivity index (χ1v) is 8.58. The van der Waals surface area contributed by atoms with Crippen LogP contribution in [0.3, 0.4) is 0 Å². The minimum absolute atomic E-state index is 0.0490. The molecule has 0 aliphatic heterocycles. The second-order valence-electron chi connectivity index (χ2n) is 6.41. The van der Waals surface area contributed by atoms with Crippen molar-refractivity contribution in [2.75, 3.05) is 19.0 Å². The first-order valence-electron chi connectivity index (χ1n) is 8.58. The lowest BCUT2D eigenvalue weighted by Gasteiger charge is -2.21. The number of nitrogens with zero attached hydrogens (tertiary/aromatic N) is 1. The van der Waals surface area contributed by atoms with Crippen LogP contribution in [0, 0.1) is 27.7 Å². The summed E-state index contributed by atoms with van der Waals surface area (Å²) in [5, 5.41) is 12.8. The first-order chi connectivity index (χ1) is 11.9. The molecule has 0 saturated heterocycles. The summed E-state index contributed by atoms with van der Waals surface area (Å²) in [4.78, 5) is 4.51. The molecule has 0 aliphatic rings. The minimum Gasteiger partial charge on any atom is -0.490 e. The summed E-state index contributed by atoms with van der Waals surface area (Å²) in [7, 11) is 1.60. The van der Waals surface area contributed by atoms with E-state index >= 15 is 0 Å². The van der Waals surface area contributed by atoms with Crippen LogP contribution in [0.4, 0.5) is 5.69 Å². The Bertz CT molecular complexity index is 717. The van der Waals surface area contributed by atoms with Crippen LogP contribution < -0.4 is 14.8 Å². The summed E-state index contributed by atoms with van der Waals surface area (Å²) in [5.74, 6) is 1.76. The summed E-state index contributed by atoms with van der Waals surface area (Å²) < 4.78 is 11.7. The number of hydrogen-bond donors (Lipinski definition) is 2. The van der Waals surface area contributed by atoms with Gasteiger partial charge in [0.1, 0.15) is 5.75 Å². The Morgan fingerprint density at radius 1 is 1.08 bits per heavy atom. The zero-order valence-corrected chi connectivity index (χ0v) is 15.9. The van der Waals surface area contributed by atoms with Gasteiger partial charge < -0.3 is 19.9 Å². The number of aromatic nitrogens is 1. The Balaban J connectivity index is 2.46. The Morgan fingerprint density at radius 2 is 1.72 bits per heavy atom. The molecule has 1 aromatic heterocycles. The molecule has 1 unspecified atom stereocenters. The van der Waals surface area contributed by atoms with Crippen molar-refractivity contribution < 1.29 is 14.6 Å². The van der Waals surface area contributed by atoms with Crippen molar-refractivity contribution >= 4 is 5.69 Å². The van der Waals surface area contributed by atoms with Crippen LogP contribution in [0.1, 0.15) is 35.7 Å². The van der Waals surface area contributed by atoms with Gasteiger partial charge in [-0.2, -0.15) is 0 Å². The smallest absolute Gasteiger partial charge is 0.265 e. The molecular weight excluding hydrogens is 316 g/mol.